The summed E-state index contributed by atoms with van der Waals surface area (Å²) in [5.41, 5.74) is 1.29. The smallest absolute Gasteiger partial charge is 0.223 e. The zero-order valence-electron chi connectivity index (χ0n) is 14.5. The van der Waals surface area contributed by atoms with Gasteiger partial charge < -0.3 is 5.32 Å². The van der Waals surface area contributed by atoms with Crippen molar-refractivity contribution >= 4 is 5.91 Å². The van der Waals surface area contributed by atoms with Crippen molar-refractivity contribution in [1.29, 1.82) is 0 Å². The summed E-state index contributed by atoms with van der Waals surface area (Å²) in [5, 5.41) is 3.22. The summed E-state index contributed by atoms with van der Waals surface area (Å²) in [4.78, 5) is 12.7. The summed E-state index contributed by atoms with van der Waals surface area (Å²) in [5.74, 6) is 2.65. The minimum atomic E-state index is 0.201. The second kappa shape index (κ2) is 7.80. The Bertz CT molecular complexity index is 468. The fourth-order valence-corrected chi connectivity index (χ4v) is 3.79. The molecule has 0 aliphatic heterocycles. The molecule has 0 heterocycles. The number of nitrogens with one attached hydrogen (secondary N) is 1. The summed E-state index contributed by atoms with van der Waals surface area (Å²) >= 11 is 0. The van der Waals surface area contributed by atoms with Crippen molar-refractivity contribution in [2.24, 2.45) is 23.7 Å². The molecule has 0 bridgehead atoms. The van der Waals surface area contributed by atoms with Crippen molar-refractivity contribution in [3.63, 3.8) is 0 Å². The fraction of sp³-hybridized carbons (Fsp3) is 0.650. The molecule has 0 saturated heterocycles. The van der Waals surface area contributed by atoms with Crippen LogP contribution in [0.15, 0.2) is 30.3 Å². The Kier molecular flexibility index (Phi) is 6.05. The highest BCUT2D eigenvalue weighted by Crippen LogP contribution is 2.38. The normalized spacial score (nSPS) is 26.7. The van der Waals surface area contributed by atoms with Gasteiger partial charge in [0, 0.05) is 12.5 Å². The summed E-state index contributed by atoms with van der Waals surface area (Å²) in [6, 6.07) is 10.4. The maximum Gasteiger partial charge on any atom is 0.223 e. The van der Waals surface area contributed by atoms with E-state index in [9.17, 15) is 4.79 Å². The number of carbonyl (C=O) groups excluding carboxylic acids is 1. The Hall–Kier alpha value is -1.31. The predicted molar refractivity (Wildman–Crippen MR) is 92.7 cm³/mol. The van der Waals surface area contributed by atoms with E-state index in [2.05, 4.69) is 57.3 Å². The standard InChI is InChI=1S/C20H31NO/c1-14(2)18-11-10-15(3)12-19(18)20(22)21-13-16(4)17-8-6-5-7-9-17/h5-9,14-16,18-19H,10-13H2,1-4H3,(H,21,22)/t15-,16+,18+,19-/m1/s1. The Morgan fingerprint density at radius 1 is 1.18 bits per heavy atom. The number of amides is 1. The third-order valence-electron chi connectivity index (χ3n) is 5.31. The third-order valence-corrected chi connectivity index (χ3v) is 5.31. The van der Waals surface area contributed by atoms with Gasteiger partial charge in [-0.2, -0.15) is 0 Å². The minimum Gasteiger partial charge on any atom is -0.355 e. The van der Waals surface area contributed by atoms with Crippen LogP contribution in [0.5, 0.6) is 0 Å². The van der Waals surface area contributed by atoms with E-state index in [1.54, 1.807) is 0 Å². The number of hydrogen-bond acceptors (Lipinski definition) is 1. The van der Waals surface area contributed by atoms with Crippen LogP contribution in [-0.2, 0) is 4.79 Å². The lowest BCUT2D eigenvalue weighted by molar-refractivity contribution is -0.129. The summed E-state index contributed by atoms with van der Waals surface area (Å²) < 4.78 is 0. The Labute approximate surface area is 135 Å². The fourth-order valence-electron chi connectivity index (χ4n) is 3.79. The summed E-state index contributed by atoms with van der Waals surface area (Å²) in [7, 11) is 0. The topological polar surface area (TPSA) is 29.1 Å². The minimum absolute atomic E-state index is 0.201. The maximum atomic E-state index is 12.7. The Balaban J connectivity index is 1.92. The quantitative estimate of drug-likeness (QED) is 0.845. The zero-order valence-corrected chi connectivity index (χ0v) is 14.5. The second-order valence-electron chi connectivity index (χ2n) is 7.49. The van der Waals surface area contributed by atoms with E-state index in [1.165, 1.54) is 18.4 Å². The van der Waals surface area contributed by atoms with Gasteiger partial charge in [-0.25, -0.2) is 0 Å². The number of rotatable bonds is 5. The molecule has 1 aliphatic carbocycles. The molecule has 4 atom stereocenters. The molecular formula is C20H31NO. The molecule has 0 radical (unpaired) electrons. The molecule has 1 fully saturated rings. The van der Waals surface area contributed by atoms with Crippen LogP contribution >= 0.6 is 0 Å². The van der Waals surface area contributed by atoms with E-state index in [4.69, 9.17) is 0 Å². The third kappa shape index (κ3) is 4.34. The van der Waals surface area contributed by atoms with Gasteiger partial charge in [0.2, 0.25) is 5.91 Å². The monoisotopic (exact) mass is 301 g/mol. The van der Waals surface area contributed by atoms with Gasteiger partial charge in [-0.3, -0.25) is 4.79 Å². The lowest BCUT2D eigenvalue weighted by Gasteiger charge is -2.36. The van der Waals surface area contributed by atoms with Crippen molar-refractivity contribution in [3.05, 3.63) is 35.9 Å². The van der Waals surface area contributed by atoms with Gasteiger partial charge in [0.15, 0.2) is 0 Å². The van der Waals surface area contributed by atoms with E-state index < -0.39 is 0 Å². The zero-order chi connectivity index (χ0) is 16.1. The van der Waals surface area contributed by atoms with Crippen LogP contribution in [0.1, 0.15) is 58.4 Å². The number of hydrogen-bond donors (Lipinski definition) is 1. The first-order valence-electron chi connectivity index (χ1n) is 8.81. The number of carbonyl (C=O) groups is 1. The van der Waals surface area contributed by atoms with Crippen LogP contribution in [0.25, 0.3) is 0 Å². The van der Waals surface area contributed by atoms with Crippen molar-refractivity contribution in [3.8, 4) is 0 Å². The molecule has 0 aromatic heterocycles. The molecule has 22 heavy (non-hydrogen) atoms. The lowest BCUT2D eigenvalue weighted by atomic mass is 9.70. The van der Waals surface area contributed by atoms with Crippen LogP contribution in [0.2, 0.25) is 0 Å². The first-order valence-corrected chi connectivity index (χ1v) is 8.81. The first kappa shape index (κ1) is 17.1. The molecule has 0 unspecified atom stereocenters. The molecule has 1 aliphatic rings. The molecule has 122 valence electrons. The van der Waals surface area contributed by atoms with E-state index in [0.717, 1.165) is 13.0 Å². The van der Waals surface area contributed by atoms with E-state index in [1.807, 2.05) is 6.07 Å². The van der Waals surface area contributed by atoms with Crippen LogP contribution in [-0.4, -0.2) is 12.5 Å². The molecule has 1 aromatic rings. The molecule has 0 spiro atoms. The predicted octanol–water partition coefficient (Wildman–Crippen LogP) is 4.61. The maximum absolute atomic E-state index is 12.7. The van der Waals surface area contributed by atoms with E-state index >= 15 is 0 Å². The first-order chi connectivity index (χ1) is 10.5. The van der Waals surface area contributed by atoms with Gasteiger partial charge in [0.05, 0.1) is 0 Å². The lowest BCUT2D eigenvalue weighted by Crippen LogP contribution is -2.41. The average molecular weight is 301 g/mol. The number of benzene rings is 1. The van der Waals surface area contributed by atoms with Gasteiger partial charge >= 0.3 is 0 Å². The van der Waals surface area contributed by atoms with E-state index in [0.29, 0.717) is 23.7 Å². The van der Waals surface area contributed by atoms with E-state index in [-0.39, 0.29) is 11.8 Å². The Morgan fingerprint density at radius 2 is 1.86 bits per heavy atom. The average Bonchev–Trinajstić information content (AvgIpc) is 2.52. The molecule has 2 rings (SSSR count). The second-order valence-corrected chi connectivity index (χ2v) is 7.49. The van der Waals surface area contributed by atoms with Gasteiger partial charge in [-0.15, -0.1) is 0 Å². The molecule has 1 N–H and O–H groups in total. The van der Waals surface area contributed by atoms with Crippen LogP contribution in [0.3, 0.4) is 0 Å². The SMILES string of the molecule is CC(C)[C@@H]1CC[C@@H](C)C[C@H]1C(=O)NC[C@H](C)c1ccccc1. The highest BCUT2D eigenvalue weighted by Gasteiger charge is 2.35. The van der Waals surface area contributed by atoms with Crippen molar-refractivity contribution in [2.75, 3.05) is 6.54 Å². The molecule has 2 nitrogen and oxygen atoms in total. The van der Waals surface area contributed by atoms with Gasteiger partial charge in [-0.05, 0) is 42.1 Å². The molecular weight excluding hydrogens is 270 g/mol. The van der Waals surface area contributed by atoms with Gasteiger partial charge in [0.25, 0.3) is 0 Å². The molecule has 1 aromatic carbocycles. The van der Waals surface area contributed by atoms with Gasteiger partial charge in [0.1, 0.15) is 0 Å². The van der Waals surface area contributed by atoms with Crippen molar-refractivity contribution in [2.45, 2.75) is 52.9 Å². The summed E-state index contributed by atoms with van der Waals surface area (Å²) in [6.45, 7) is 9.71. The van der Waals surface area contributed by atoms with Crippen molar-refractivity contribution in [1.82, 2.24) is 5.32 Å². The molecule has 1 saturated carbocycles. The van der Waals surface area contributed by atoms with Crippen LogP contribution in [0.4, 0.5) is 0 Å². The molecule has 1 amide bonds. The largest absolute Gasteiger partial charge is 0.355 e. The van der Waals surface area contributed by atoms with Crippen molar-refractivity contribution < 1.29 is 4.79 Å². The summed E-state index contributed by atoms with van der Waals surface area (Å²) in [6.07, 6.45) is 3.52. The van der Waals surface area contributed by atoms with Gasteiger partial charge in [-0.1, -0.05) is 64.4 Å². The van der Waals surface area contributed by atoms with Crippen LogP contribution < -0.4 is 5.32 Å². The highest BCUT2D eigenvalue weighted by molar-refractivity contribution is 5.79. The Morgan fingerprint density at radius 3 is 2.50 bits per heavy atom. The van der Waals surface area contributed by atoms with Crippen LogP contribution in [0, 0.1) is 23.7 Å². The molecule has 2 heteroatoms. The highest BCUT2D eigenvalue weighted by atomic mass is 16.1.